The fourth-order valence-corrected chi connectivity index (χ4v) is 2.11. The van der Waals surface area contributed by atoms with Crippen LogP contribution in [-0.2, 0) is 11.3 Å². The molecule has 24 heavy (non-hydrogen) atoms. The molecule has 1 aromatic carbocycles. The summed E-state index contributed by atoms with van der Waals surface area (Å²) in [5, 5.41) is 2.74. The van der Waals surface area contributed by atoms with E-state index in [0.717, 1.165) is 0 Å². The number of halogens is 1. The largest absolute Gasteiger partial charge is 0.492 e. The molecule has 7 heteroatoms. The number of carbonyl (C=O) groups excluding carboxylic acids is 1. The van der Waals surface area contributed by atoms with E-state index in [0.29, 0.717) is 37.8 Å². The number of carbonyl (C=O) groups is 1. The van der Waals surface area contributed by atoms with Crippen molar-refractivity contribution in [1.29, 1.82) is 0 Å². The second-order valence-electron chi connectivity index (χ2n) is 5.00. The summed E-state index contributed by atoms with van der Waals surface area (Å²) in [5.41, 5.74) is 0.408. The van der Waals surface area contributed by atoms with E-state index in [1.54, 1.807) is 37.3 Å². The second-order valence-corrected chi connectivity index (χ2v) is 5.00. The molecule has 130 valence electrons. The predicted octanol–water partition coefficient (Wildman–Crippen LogP) is 3.50. The van der Waals surface area contributed by atoms with Gasteiger partial charge in [-0.1, -0.05) is 0 Å². The lowest BCUT2D eigenvalue weighted by molar-refractivity contribution is 0.149. The Bertz CT molecular complexity index is 646. The van der Waals surface area contributed by atoms with Gasteiger partial charge in [-0.25, -0.2) is 9.18 Å². The summed E-state index contributed by atoms with van der Waals surface area (Å²) in [6, 6.07) is 7.18. The zero-order chi connectivity index (χ0) is 17.4. The Morgan fingerprint density at radius 1 is 1.38 bits per heavy atom. The third-order valence-electron chi connectivity index (χ3n) is 3.26. The first kappa shape index (κ1) is 17.8. The molecule has 0 aliphatic rings. The minimum absolute atomic E-state index is 0.288. The molecule has 0 saturated carbocycles. The van der Waals surface area contributed by atoms with Gasteiger partial charge in [-0.05, 0) is 31.2 Å². The number of nitrogens with zero attached hydrogens (tertiary/aromatic N) is 1. The lowest BCUT2D eigenvalue weighted by atomic mass is 10.3. The highest BCUT2D eigenvalue weighted by Crippen LogP contribution is 2.26. The summed E-state index contributed by atoms with van der Waals surface area (Å²) < 4.78 is 29.1. The van der Waals surface area contributed by atoms with Crippen LogP contribution in [0.25, 0.3) is 0 Å². The minimum atomic E-state index is -0.428. The van der Waals surface area contributed by atoms with Crippen molar-refractivity contribution >= 4 is 11.7 Å². The smallest absolute Gasteiger partial charge is 0.322 e. The molecular weight excluding hydrogens is 315 g/mol. The molecule has 0 radical (unpaired) electrons. The summed E-state index contributed by atoms with van der Waals surface area (Å²) in [7, 11) is 1.57. The highest BCUT2D eigenvalue weighted by atomic mass is 19.1. The van der Waals surface area contributed by atoms with Crippen molar-refractivity contribution < 1.29 is 23.1 Å². The van der Waals surface area contributed by atoms with Gasteiger partial charge in [0.15, 0.2) is 0 Å². The molecule has 2 aromatic rings. The molecule has 0 bridgehead atoms. The molecule has 0 aliphatic carbocycles. The first-order chi connectivity index (χ1) is 11.6. The van der Waals surface area contributed by atoms with E-state index in [9.17, 15) is 9.18 Å². The quantitative estimate of drug-likeness (QED) is 0.801. The van der Waals surface area contributed by atoms with Crippen LogP contribution >= 0.6 is 0 Å². The standard InChI is InChI=1S/C17H21FN2O4/c1-3-23-16-11-13(18)6-7-15(16)19-17(21)20(8-10-22-2)12-14-5-4-9-24-14/h4-7,9,11H,3,8,10,12H2,1-2H3,(H,19,21). The van der Waals surface area contributed by atoms with Crippen molar-refractivity contribution in [1.82, 2.24) is 4.90 Å². The summed E-state index contributed by atoms with van der Waals surface area (Å²) in [6.45, 7) is 3.22. The van der Waals surface area contributed by atoms with E-state index >= 15 is 0 Å². The molecule has 0 spiro atoms. The number of hydrogen-bond donors (Lipinski definition) is 1. The number of urea groups is 1. The van der Waals surface area contributed by atoms with Gasteiger partial charge in [-0.2, -0.15) is 0 Å². The Morgan fingerprint density at radius 2 is 2.21 bits per heavy atom. The molecule has 0 unspecified atom stereocenters. The minimum Gasteiger partial charge on any atom is -0.492 e. The highest BCUT2D eigenvalue weighted by molar-refractivity contribution is 5.91. The van der Waals surface area contributed by atoms with Crippen molar-refractivity contribution in [3.8, 4) is 5.75 Å². The number of hydrogen-bond acceptors (Lipinski definition) is 4. The monoisotopic (exact) mass is 336 g/mol. The number of nitrogens with one attached hydrogen (secondary N) is 1. The Hall–Kier alpha value is -2.54. The maximum absolute atomic E-state index is 13.4. The second kappa shape index (κ2) is 8.93. The number of amides is 2. The number of rotatable bonds is 8. The molecule has 0 atom stereocenters. The lowest BCUT2D eigenvalue weighted by Gasteiger charge is -2.22. The summed E-state index contributed by atoms with van der Waals surface area (Å²) >= 11 is 0. The topological polar surface area (TPSA) is 63.9 Å². The fourth-order valence-electron chi connectivity index (χ4n) is 2.11. The number of methoxy groups -OCH3 is 1. The molecule has 0 saturated heterocycles. The average Bonchev–Trinajstić information content (AvgIpc) is 3.07. The van der Waals surface area contributed by atoms with Crippen LogP contribution < -0.4 is 10.1 Å². The molecule has 1 aromatic heterocycles. The molecule has 0 aliphatic heterocycles. The van der Waals surface area contributed by atoms with Crippen molar-refractivity contribution in [2.45, 2.75) is 13.5 Å². The van der Waals surface area contributed by atoms with E-state index in [1.165, 1.54) is 18.2 Å². The van der Waals surface area contributed by atoms with Gasteiger partial charge in [0.1, 0.15) is 17.3 Å². The molecule has 2 rings (SSSR count). The van der Waals surface area contributed by atoms with Crippen molar-refractivity contribution in [3.63, 3.8) is 0 Å². The Morgan fingerprint density at radius 3 is 2.88 bits per heavy atom. The third-order valence-corrected chi connectivity index (χ3v) is 3.26. The zero-order valence-electron chi connectivity index (χ0n) is 13.8. The molecule has 2 amide bonds. The zero-order valence-corrected chi connectivity index (χ0v) is 13.8. The van der Waals surface area contributed by atoms with Gasteiger partial charge >= 0.3 is 6.03 Å². The number of furan rings is 1. The third kappa shape index (κ3) is 4.99. The first-order valence-corrected chi connectivity index (χ1v) is 7.63. The van der Waals surface area contributed by atoms with Gasteiger partial charge in [0.05, 0.1) is 31.7 Å². The van der Waals surface area contributed by atoms with Crippen LogP contribution in [0.15, 0.2) is 41.0 Å². The average molecular weight is 336 g/mol. The van der Waals surface area contributed by atoms with Crippen molar-refractivity contribution in [2.75, 3.05) is 32.2 Å². The van der Waals surface area contributed by atoms with Gasteiger partial charge in [0.25, 0.3) is 0 Å². The Kier molecular flexibility index (Phi) is 6.62. The van der Waals surface area contributed by atoms with Gasteiger partial charge in [-0.15, -0.1) is 0 Å². The van der Waals surface area contributed by atoms with Crippen LogP contribution in [0.3, 0.4) is 0 Å². The number of ether oxygens (including phenoxy) is 2. The van der Waals surface area contributed by atoms with Crippen LogP contribution in [0.4, 0.5) is 14.9 Å². The van der Waals surface area contributed by atoms with E-state index < -0.39 is 5.82 Å². The maximum atomic E-state index is 13.4. The summed E-state index contributed by atoms with van der Waals surface area (Å²) in [6.07, 6.45) is 1.55. The maximum Gasteiger partial charge on any atom is 0.322 e. The van der Waals surface area contributed by atoms with E-state index in [-0.39, 0.29) is 11.8 Å². The van der Waals surface area contributed by atoms with Crippen LogP contribution in [0, 0.1) is 5.82 Å². The van der Waals surface area contributed by atoms with Crippen LogP contribution in [-0.4, -0.2) is 37.8 Å². The van der Waals surface area contributed by atoms with E-state index in [2.05, 4.69) is 5.32 Å². The van der Waals surface area contributed by atoms with E-state index in [1.807, 2.05) is 0 Å². The fraction of sp³-hybridized carbons (Fsp3) is 0.353. The van der Waals surface area contributed by atoms with Gasteiger partial charge in [-0.3, -0.25) is 0 Å². The van der Waals surface area contributed by atoms with Crippen molar-refractivity contribution in [3.05, 3.63) is 48.2 Å². The molecule has 6 nitrogen and oxygen atoms in total. The Labute approximate surface area is 140 Å². The molecule has 1 N–H and O–H groups in total. The van der Waals surface area contributed by atoms with E-state index in [4.69, 9.17) is 13.9 Å². The number of anilines is 1. The lowest BCUT2D eigenvalue weighted by Crippen LogP contribution is -2.36. The first-order valence-electron chi connectivity index (χ1n) is 7.63. The predicted molar refractivity (Wildman–Crippen MR) is 87.6 cm³/mol. The summed E-state index contributed by atoms with van der Waals surface area (Å²) in [5.74, 6) is 0.518. The molecular formula is C17H21FN2O4. The van der Waals surface area contributed by atoms with Crippen LogP contribution in [0.1, 0.15) is 12.7 Å². The molecule has 0 fully saturated rings. The van der Waals surface area contributed by atoms with Crippen molar-refractivity contribution in [2.24, 2.45) is 0 Å². The van der Waals surface area contributed by atoms with Crippen LogP contribution in [0.5, 0.6) is 5.75 Å². The van der Waals surface area contributed by atoms with Gasteiger partial charge in [0, 0.05) is 19.7 Å². The molecule has 1 heterocycles. The highest BCUT2D eigenvalue weighted by Gasteiger charge is 2.17. The summed E-state index contributed by atoms with van der Waals surface area (Å²) in [4.78, 5) is 14.1. The van der Waals surface area contributed by atoms with Crippen LogP contribution in [0.2, 0.25) is 0 Å². The van der Waals surface area contributed by atoms with Gasteiger partial charge < -0.3 is 24.1 Å². The normalized spacial score (nSPS) is 10.5. The van der Waals surface area contributed by atoms with Gasteiger partial charge in [0.2, 0.25) is 0 Å². The number of benzene rings is 1. The Balaban J connectivity index is 2.11. The SMILES string of the molecule is CCOc1cc(F)ccc1NC(=O)N(CCOC)Cc1ccco1.